The standard InChI is InChI=1S/C24H31N3O4/c1-3-4-5-9-16-31-21-14-12-20(13-15-21)24(30)27-26-23(29)17-22(25-18(2)28)19-10-7-6-8-11-19/h6-8,10-15,22H,3-5,9,16-17H2,1-2H3,(H,25,28)(H,26,29)(H,27,30). The number of hydrazine groups is 1. The van der Waals surface area contributed by atoms with Crippen molar-refractivity contribution in [3.8, 4) is 5.75 Å². The Kier molecular flexibility index (Phi) is 10.1. The Hall–Kier alpha value is -3.35. The van der Waals surface area contributed by atoms with E-state index in [9.17, 15) is 14.4 Å². The van der Waals surface area contributed by atoms with E-state index in [1.807, 2.05) is 30.3 Å². The maximum Gasteiger partial charge on any atom is 0.269 e. The molecule has 0 saturated carbocycles. The summed E-state index contributed by atoms with van der Waals surface area (Å²) in [6, 6.07) is 15.5. The smallest absolute Gasteiger partial charge is 0.269 e. The molecule has 31 heavy (non-hydrogen) atoms. The van der Waals surface area contributed by atoms with Crippen molar-refractivity contribution in [1.82, 2.24) is 16.2 Å². The van der Waals surface area contributed by atoms with Crippen molar-refractivity contribution in [3.05, 3.63) is 65.7 Å². The number of amides is 3. The van der Waals surface area contributed by atoms with Gasteiger partial charge in [-0.2, -0.15) is 0 Å². The summed E-state index contributed by atoms with van der Waals surface area (Å²) >= 11 is 0. The lowest BCUT2D eigenvalue weighted by Gasteiger charge is -2.18. The van der Waals surface area contributed by atoms with E-state index in [1.54, 1.807) is 24.3 Å². The number of unbranched alkanes of at least 4 members (excludes halogenated alkanes) is 3. The molecule has 1 unspecified atom stereocenters. The van der Waals surface area contributed by atoms with E-state index >= 15 is 0 Å². The second-order valence-corrected chi connectivity index (χ2v) is 7.30. The third kappa shape index (κ3) is 8.90. The molecule has 3 amide bonds. The minimum absolute atomic E-state index is 0.00528. The summed E-state index contributed by atoms with van der Waals surface area (Å²) in [7, 11) is 0. The molecule has 1 atom stereocenters. The molecule has 0 aliphatic rings. The number of hydrogen-bond donors (Lipinski definition) is 3. The first-order chi connectivity index (χ1) is 15.0. The van der Waals surface area contributed by atoms with Crippen LogP contribution in [0.2, 0.25) is 0 Å². The Morgan fingerprint density at radius 2 is 1.61 bits per heavy atom. The maximum absolute atomic E-state index is 12.3. The van der Waals surface area contributed by atoms with Crippen LogP contribution in [-0.4, -0.2) is 24.3 Å². The molecule has 0 aromatic heterocycles. The molecular weight excluding hydrogens is 394 g/mol. The molecule has 2 rings (SSSR count). The van der Waals surface area contributed by atoms with Crippen LogP contribution in [0.4, 0.5) is 0 Å². The topological polar surface area (TPSA) is 96.5 Å². The van der Waals surface area contributed by atoms with Crippen LogP contribution in [0.5, 0.6) is 5.75 Å². The molecule has 0 saturated heterocycles. The van der Waals surface area contributed by atoms with Crippen LogP contribution in [0.3, 0.4) is 0 Å². The Bertz CT molecular complexity index is 838. The number of carbonyl (C=O) groups is 3. The van der Waals surface area contributed by atoms with Crippen molar-refractivity contribution in [1.29, 1.82) is 0 Å². The molecule has 0 fully saturated rings. The van der Waals surface area contributed by atoms with Gasteiger partial charge in [0.15, 0.2) is 0 Å². The fraction of sp³-hybridized carbons (Fsp3) is 0.375. The molecule has 7 nitrogen and oxygen atoms in total. The van der Waals surface area contributed by atoms with Gasteiger partial charge in [0.25, 0.3) is 5.91 Å². The molecule has 0 bridgehead atoms. The predicted octanol–water partition coefficient (Wildman–Crippen LogP) is 3.67. The first kappa shape index (κ1) is 23.9. The molecule has 0 heterocycles. The van der Waals surface area contributed by atoms with Crippen molar-refractivity contribution >= 4 is 17.7 Å². The zero-order valence-electron chi connectivity index (χ0n) is 18.1. The van der Waals surface area contributed by atoms with Gasteiger partial charge in [-0.3, -0.25) is 25.2 Å². The van der Waals surface area contributed by atoms with Crippen LogP contribution in [0.25, 0.3) is 0 Å². The number of rotatable bonds is 11. The third-order valence-corrected chi connectivity index (χ3v) is 4.67. The lowest BCUT2D eigenvalue weighted by atomic mass is 10.0. The van der Waals surface area contributed by atoms with Gasteiger partial charge in [0, 0.05) is 12.5 Å². The molecule has 2 aromatic rings. The summed E-state index contributed by atoms with van der Waals surface area (Å²) in [6.07, 6.45) is 4.52. The number of ether oxygens (including phenoxy) is 1. The van der Waals surface area contributed by atoms with Gasteiger partial charge in [0.05, 0.1) is 19.1 Å². The highest BCUT2D eigenvalue weighted by atomic mass is 16.5. The van der Waals surface area contributed by atoms with Gasteiger partial charge < -0.3 is 10.1 Å². The summed E-state index contributed by atoms with van der Waals surface area (Å²) in [5, 5.41) is 2.75. The Morgan fingerprint density at radius 3 is 2.26 bits per heavy atom. The van der Waals surface area contributed by atoms with Crippen molar-refractivity contribution < 1.29 is 19.1 Å². The maximum atomic E-state index is 12.3. The van der Waals surface area contributed by atoms with E-state index in [2.05, 4.69) is 23.1 Å². The summed E-state index contributed by atoms with van der Waals surface area (Å²) < 4.78 is 5.67. The molecular formula is C24H31N3O4. The van der Waals surface area contributed by atoms with Crippen LogP contribution in [0.1, 0.15) is 67.9 Å². The predicted molar refractivity (Wildman–Crippen MR) is 119 cm³/mol. The molecule has 2 aromatic carbocycles. The van der Waals surface area contributed by atoms with Gasteiger partial charge in [0.1, 0.15) is 5.75 Å². The van der Waals surface area contributed by atoms with E-state index in [4.69, 9.17) is 4.74 Å². The third-order valence-electron chi connectivity index (χ3n) is 4.67. The lowest BCUT2D eigenvalue weighted by Crippen LogP contribution is -2.43. The minimum Gasteiger partial charge on any atom is -0.494 e. The largest absolute Gasteiger partial charge is 0.494 e. The van der Waals surface area contributed by atoms with Crippen molar-refractivity contribution in [2.45, 2.75) is 52.0 Å². The van der Waals surface area contributed by atoms with E-state index in [0.717, 1.165) is 18.4 Å². The van der Waals surface area contributed by atoms with Gasteiger partial charge >= 0.3 is 0 Å². The Labute approximate surface area is 183 Å². The zero-order valence-corrected chi connectivity index (χ0v) is 18.1. The zero-order chi connectivity index (χ0) is 22.5. The summed E-state index contributed by atoms with van der Waals surface area (Å²) in [6.45, 7) is 4.21. The minimum atomic E-state index is -0.482. The van der Waals surface area contributed by atoms with Gasteiger partial charge in [-0.15, -0.1) is 0 Å². The van der Waals surface area contributed by atoms with E-state index in [-0.39, 0.29) is 12.3 Å². The fourth-order valence-electron chi connectivity index (χ4n) is 3.04. The normalized spacial score (nSPS) is 11.3. The van der Waals surface area contributed by atoms with Crippen LogP contribution in [0, 0.1) is 0 Å². The van der Waals surface area contributed by atoms with Gasteiger partial charge in [-0.1, -0.05) is 56.5 Å². The molecule has 0 radical (unpaired) electrons. The first-order valence-corrected chi connectivity index (χ1v) is 10.6. The Morgan fingerprint density at radius 1 is 0.903 bits per heavy atom. The second kappa shape index (κ2) is 13.1. The van der Waals surface area contributed by atoms with E-state index in [0.29, 0.717) is 17.9 Å². The molecule has 3 N–H and O–H groups in total. The number of benzene rings is 2. The van der Waals surface area contributed by atoms with Gasteiger partial charge in [0.2, 0.25) is 11.8 Å². The highest BCUT2D eigenvalue weighted by Gasteiger charge is 2.17. The Balaban J connectivity index is 1.81. The average Bonchev–Trinajstić information content (AvgIpc) is 2.77. The summed E-state index contributed by atoms with van der Waals surface area (Å²) in [5.41, 5.74) is 6.02. The SMILES string of the molecule is CCCCCCOc1ccc(C(=O)NNC(=O)CC(NC(C)=O)c2ccccc2)cc1. The summed E-state index contributed by atoms with van der Waals surface area (Å²) in [5.74, 6) is -0.377. The quantitative estimate of drug-likeness (QED) is 0.378. The second-order valence-electron chi connectivity index (χ2n) is 7.30. The highest BCUT2D eigenvalue weighted by Crippen LogP contribution is 2.16. The van der Waals surface area contributed by atoms with Crippen molar-refractivity contribution in [2.75, 3.05) is 6.61 Å². The molecule has 0 aliphatic carbocycles. The van der Waals surface area contributed by atoms with Gasteiger partial charge in [-0.25, -0.2) is 0 Å². The number of carbonyl (C=O) groups excluding carboxylic acids is 3. The average molecular weight is 426 g/mol. The van der Waals surface area contributed by atoms with Crippen LogP contribution in [-0.2, 0) is 9.59 Å². The van der Waals surface area contributed by atoms with Crippen molar-refractivity contribution in [3.63, 3.8) is 0 Å². The van der Waals surface area contributed by atoms with Gasteiger partial charge in [-0.05, 0) is 36.2 Å². The molecule has 7 heteroatoms. The monoisotopic (exact) mass is 425 g/mol. The molecule has 166 valence electrons. The molecule has 0 aliphatic heterocycles. The summed E-state index contributed by atoms with van der Waals surface area (Å²) in [4.78, 5) is 36.1. The van der Waals surface area contributed by atoms with Crippen molar-refractivity contribution in [2.24, 2.45) is 0 Å². The lowest BCUT2D eigenvalue weighted by molar-refractivity contribution is -0.123. The van der Waals surface area contributed by atoms with Crippen LogP contribution >= 0.6 is 0 Å². The molecule has 0 spiro atoms. The first-order valence-electron chi connectivity index (χ1n) is 10.6. The van der Waals surface area contributed by atoms with E-state index in [1.165, 1.54) is 19.8 Å². The van der Waals surface area contributed by atoms with E-state index < -0.39 is 17.9 Å². The van der Waals surface area contributed by atoms with Crippen LogP contribution < -0.4 is 20.9 Å². The number of hydrogen-bond acceptors (Lipinski definition) is 4. The fourth-order valence-corrected chi connectivity index (χ4v) is 3.04. The highest BCUT2D eigenvalue weighted by molar-refractivity contribution is 5.95. The van der Waals surface area contributed by atoms with Crippen LogP contribution in [0.15, 0.2) is 54.6 Å². The number of nitrogens with one attached hydrogen (secondary N) is 3.